The predicted molar refractivity (Wildman–Crippen MR) is 115 cm³/mol. The highest BCUT2D eigenvalue weighted by molar-refractivity contribution is 7.22. The summed E-state index contributed by atoms with van der Waals surface area (Å²) in [6.07, 6.45) is 2.07. The van der Waals surface area contributed by atoms with Gasteiger partial charge in [0, 0.05) is 24.2 Å². The molecule has 1 N–H and O–H groups in total. The van der Waals surface area contributed by atoms with Gasteiger partial charge in [-0.1, -0.05) is 29.0 Å². The van der Waals surface area contributed by atoms with Crippen LogP contribution in [0.25, 0.3) is 10.2 Å². The molecule has 8 heteroatoms. The number of carbonyl (C=O) groups is 1. The number of hydrogen-bond donors (Lipinski definition) is 1. The standard InChI is InChI=1S/C21H21ClN2O4S/c22-15-4-5-18-19(10-15)29-21(23-18)24-8-6-14(7-9-24)12-27-16-2-1-3-17(11-16)28-13-20(25)26/h1-5,10-11,14H,6-9,12-13H2,(H,25,26). The molecule has 0 atom stereocenters. The smallest absolute Gasteiger partial charge is 0.341 e. The maximum absolute atomic E-state index is 10.6. The lowest BCUT2D eigenvalue weighted by Crippen LogP contribution is -2.35. The Morgan fingerprint density at radius 3 is 2.69 bits per heavy atom. The van der Waals surface area contributed by atoms with E-state index in [1.165, 1.54) is 0 Å². The maximum Gasteiger partial charge on any atom is 0.341 e. The van der Waals surface area contributed by atoms with Gasteiger partial charge in [-0.3, -0.25) is 0 Å². The van der Waals surface area contributed by atoms with E-state index >= 15 is 0 Å². The number of piperidine rings is 1. The molecule has 4 rings (SSSR count). The number of fused-ring (bicyclic) bond motifs is 1. The monoisotopic (exact) mass is 432 g/mol. The molecule has 6 nitrogen and oxygen atoms in total. The summed E-state index contributed by atoms with van der Waals surface area (Å²) in [4.78, 5) is 17.7. The zero-order valence-corrected chi connectivity index (χ0v) is 17.3. The summed E-state index contributed by atoms with van der Waals surface area (Å²) in [5, 5.41) is 10.5. The lowest BCUT2D eigenvalue weighted by Gasteiger charge is -2.31. The molecule has 2 heterocycles. The SMILES string of the molecule is O=C(O)COc1cccc(OCC2CCN(c3nc4ccc(Cl)cc4s3)CC2)c1. The fourth-order valence-electron chi connectivity index (χ4n) is 3.33. The van der Waals surface area contributed by atoms with E-state index in [-0.39, 0.29) is 6.61 Å². The molecule has 0 amide bonds. The summed E-state index contributed by atoms with van der Waals surface area (Å²) in [6, 6.07) is 12.9. The first-order valence-electron chi connectivity index (χ1n) is 9.45. The highest BCUT2D eigenvalue weighted by Gasteiger charge is 2.22. The van der Waals surface area contributed by atoms with E-state index in [0.29, 0.717) is 24.0 Å². The highest BCUT2D eigenvalue weighted by atomic mass is 35.5. The number of rotatable bonds is 7. The van der Waals surface area contributed by atoms with Crippen LogP contribution in [-0.4, -0.2) is 42.4 Å². The number of aromatic nitrogens is 1. The molecule has 3 aromatic rings. The number of anilines is 1. The van der Waals surface area contributed by atoms with Crippen molar-refractivity contribution in [2.45, 2.75) is 12.8 Å². The zero-order valence-electron chi connectivity index (χ0n) is 15.7. The molecule has 152 valence electrons. The molecule has 1 aliphatic heterocycles. The molecular weight excluding hydrogens is 412 g/mol. The van der Waals surface area contributed by atoms with Crippen molar-refractivity contribution in [3.63, 3.8) is 0 Å². The maximum atomic E-state index is 10.6. The Morgan fingerprint density at radius 2 is 1.93 bits per heavy atom. The van der Waals surface area contributed by atoms with Crippen molar-refractivity contribution in [3.8, 4) is 11.5 Å². The van der Waals surface area contributed by atoms with Gasteiger partial charge in [-0.2, -0.15) is 0 Å². The Morgan fingerprint density at radius 1 is 1.17 bits per heavy atom. The molecule has 2 aromatic carbocycles. The minimum absolute atomic E-state index is 0.361. The molecule has 1 aliphatic rings. The number of ether oxygens (including phenoxy) is 2. The quantitative estimate of drug-likeness (QED) is 0.583. The van der Waals surface area contributed by atoms with Crippen LogP contribution in [0.3, 0.4) is 0 Å². The Kier molecular flexibility index (Phi) is 6.06. The molecule has 0 spiro atoms. The molecule has 0 saturated carbocycles. The Balaban J connectivity index is 1.28. The Labute approximate surface area is 177 Å². The second-order valence-electron chi connectivity index (χ2n) is 7.01. The van der Waals surface area contributed by atoms with Gasteiger partial charge in [0.2, 0.25) is 0 Å². The Bertz CT molecular complexity index is 1000. The van der Waals surface area contributed by atoms with E-state index in [1.54, 1.807) is 29.5 Å². The number of halogens is 1. The van der Waals surface area contributed by atoms with Crippen LogP contribution in [0.2, 0.25) is 5.02 Å². The largest absolute Gasteiger partial charge is 0.493 e. The minimum atomic E-state index is -1.00. The first-order chi connectivity index (χ1) is 14.1. The fraction of sp³-hybridized carbons (Fsp3) is 0.333. The third-order valence-electron chi connectivity index (χ3n) is 4.88. The number of aliphatic carboxylic acids is 1. The van der Waals surface area contributed by atoms with Crippen molar-refractivity contribution in [1.29, 1.82) is 0 Å². The number of nitrogens with zero attached hydrogens (tertiary/aromatic N) is 2. The summed E-state index contributed by atoms with van der Waals surface area (Å²) in [7, 11) is 0. The van der Waals surface area contributed by atoms with Crippen LogP contribution >= 0.6 is 22.9 Å². The van der Waals surface area contributed by atoms with Gasteiger partial charge < -0.3 is 19.5 Å². The number of thiazole rings is 1. The summed E-state index contributed by atoms with van der Waals surface area (Å²) in [5.41, 5.74) is 0.991. The fourth-order valence-corrected chi connectivity index (χ4v) is 4.62. The van der Waals surface area contributed by atoms with Gasteiger partial charge in [0.25, 0.3) is 0 Å². The van der Waals surface area contributed by atoms with Crippen molar-refractivity contribution < 1.29 is 19.4 Å². The number of carboxylic acid groups (broad SMARTS) is 1. The molecule has 1 fully saturated rings. The van der Waals surface area contributed by atoms with Crippen LogP contribution in [0.15, 0.2) is 42.5 Å². The topological polar surface area (TPSA) is 71.9 Å². The van der Waals surface area contributed by atoms with Gasteiger partial charge in [-0.25, -0.2) is 9.78 Å². The molecule has 0 aliphatic carbocycles. The van der Waals surface area contributed by atoms with Gasteiger partial charge >= 0.3 is 5.97 Å². The average Bonchev–Trinajstić information content (AvgIpc) is 3.14. The number of hydrogen-bond acceptors (Lipinski definition) is 6. The average molecular weight is 433 g/mol. The summed E-state index contributed by atoms with van der Waals surface area (Å²) >= 11 is 7.76. The van der Waals surface area contributed by atoms with Gasteiger partial charge in [0.15, 0.2) is 11.7 Å². The van der Waals surface area contributed by atoms with Crippen LogP contribution in [0.5, 0.6) is 11.5 Å². The first-order valence-corrected chi connectivity index (χ1v) is 10.6. The van der Waals surface area contributed by atoms with E-state index < -0.39 is 5.97 Å². The van der Waals surface area contributed by atoms with Crippen LogP contribution in [-0.2, 0) is 4.79 Å². The first kappa shape index (κ1) is 19.8. The predicted octanol–water partition coefficient (Wildman–Crippen LogP) is 4.71. The third kappa shape index (κ3) is 5.10. The van der Waals surface area contributed by atoms with E-state index in [4.69, 9.17) is 31.2 Å². The molecule has 0 bridgehead atoms. The molecule has 1 aromatic heterocycles. The van der Waals surface area contributed by atoms with E-state index in [1.807, 2.05) is 24.3 Å². The van der Waals surface area contributed by atoms with Crippen molar-refractivity contribution in [1.82, 2.24) is 4.98 Å². The van der Waals surface area contributed by atoms with Gasteiger partial charge in [-0.05, 0) is 49.1 Å². The molecule has 0 unspecified atom stereocenters. The molecule has 29 heavy (non-hydrogen) atoms. The normalized spacial score (nSPS) is 14.9. The third-order valence-corrected chi connectivity index (χ3v) is 6.19. The molecular formula is C21H21ClN2O4S. The van der Waals surface area contributed by atoms with Crippen molar-refractivity contribution in [3.05, 3.63) is 47.5 Å². The van der Waals surface area contributed by atoms with Gasteiger partial charge in [0.05, 0.1) is 16.8 Å². The van der Waals surface area contributed by atoms with Crippen LogP contribution in [0.1, 0.15) is 12.8 Å². The van der Waals surface area contributed by atoms with Crippen molar-refractivity contribution in [2.75, 3.05) is 31.2 Å². The summed E-state index contributed by atoms with van der Waals surface area (Å²) < 4.78 is 12.2. The number of benzene rings is 2. The molecule has 1 saturated heterocycles. The van der Waals surface area contributed by atoms with Crippen LogP contribution in [0.4, 0.5) is 5.13 Å². The Hall–Kier alpha value is -2.51. The highest BCUT2D eigenvalue weighted by Crippen LogP contribution is 2.33. The van der Waals surface area contributed by atoms with E-state index in [2.05, 4.69) is 4.90 Å². The van der Waals surface area contributed by atoms with Gasteiger partial charge in [-0.15, -0.1) is 0 Å². The lowest BCUT2D eigenvalue weighted by molar-refractivity contribution is -0.139. The zero-order chi connectivity index (χ0) is 20.2. The lowest BCUT2D eigenvalue weighted by atomic mass is 9.98. The van der Waals surface area contributed by atoms with Crippen LogP contribution < -0.4 is 14.4 Å². The summed E-state index contributed by atoms with van der Waals surface area (Å²) in [6.45, 7) is 2.16. The van der Waals surface area contributed by atoms with E-state index in [0.717, 1.165) is 46.3 Å². The minimum Gasteiger partial charge on any atom is -0.493 e. The van der Waals surface area contributed by atoms with E-state index in [9.17, 15) is 4.79 Å². The van der Waals surface area contributed by atoms with Crippen molar-refractivity contribution >= 4 is 44.3 Å². The number of carboxylic acids is 1. The second kappa shape index (κ2) is 8.88. The van der Waals surface area contributed by atoms with Gasteiger partial charge in [0.1, 0.15) is 11.5 Å². The van der Waals surface area contributed by atoms with Crippen molar-refractivity contribution in [2.24, 2.45) is 5.92 Å². The summed E-state index contributed by atoms with van der Waals surface area (Å²) in [5.74, 6) is 0.659. The second-order valence-corrected chi connectivity index (χ2v) is 8.45. The molecule has 0 radical (unpaired) electrons. The van der Waals surface area contributed by atoms with Crippen LogP contribution in [0, 0.1) is 5.92 Å².